The number of anilines is 1. The fraction of sp³-hybridized carbons (Fsp3) is 0.286. The summed E-state index contributed by atoms with van der Waals surface area (Å²) in [6.07, 6.45) is 0. The number of methoxy groups -OCH3 is 3. The Kier molecular flexibility index (Phi) is 5.93. The first-order chi connectivity index (χ1) is 13.6. The van der Waals surface area contributed by atoms with E-state index in [4.69, 9.17) is 18.9 Å². The second-order valence-electron chi connectivity index (χ2n) is 6.05. The largest absolute Gasteiger partial charge is 0.497 e. The molecule has 0 aliphatic heterocycles. The van der Waals surface area contributed by atoms with Crippen LogP contribution in [0.5, 0.6) is 17.2 Å². The van der Waals surface area contributed by atoms with Crippen molar-refractivity contribution in [2.24, 2.45) is 0 Å². The zero-order chi connectivity index (χ0) is 20.1. The highest BCUT2D eigenvalue weighted by molar-refractivity contribution is 6.07. The van der Waals surface area contributed by atoms with Gasteiger partial charge in [-0.05, 0) is 30.7 Å². The quantitative estimate of drug-likeness (QED) is 0.572. The van der Waals surface area contributed by atoms with Gasteiger partial charge < -0.3 is 29.2 Å². The number of esters is 1. The minimum Gasteiger partial charge on any atom is -0.497 e. The molecular weight excluding hydrogens is 360 g/mol. The average Bonchev–Trinajstić information content (AvgIpc) is 3.09. The van der Waals surface area contributed by atoms with Crippen LogP contribution in [0.1, 0.15) is 23.0 Å². The molecule has 3 rings (SSSR count). The molecule has 0 unspecified atom stereocenters. The van der Waals surface area contributed by atoms with Crippen molar-refractivity contribution in [3.8, 4) is 17.2 Å². The Bertz CT molecular complexity index is 963. The summed E-state index contributed by atoms with van der Waals surface area (Å²) >= 11 is 0. The van der Waals surface area contributed by atoms with Crippen LogP contribution < -0.4 is 19.5 Å². The van der Waals surface area contributed by atoms with Crippen LogP contribution in [0, 0.1) is 0 Å². The Hall–Kier alpha value is -3.35. The standard InChI is InChI=1S/C21H24N2O5/c1-5-28-21(24)20-19(22-12-13-6-8-14(25-2)9-7-13)15-10-17(26-3)18(27-4)11-16(15)23-20/h6-11,22-23H,5,12H2,1-4H3. The molecule has 2 N–H and O–H groups in total. The van der Waals surface area contributed by atoms with Crippen LogP contribution in [0.4, 0.5) is 5.69 Å². The van der Waals surface area contributed by atoms with Crippen LogP contribution in [0.25, 0.3) is 10.9 Å². The van der Waals surface area contributed by atoms with Crippen molar-refractivity contribution in [3.63, 3.8) is 0 Å². The summed E-state index contributed by atoms with van der Waals surface area (Å²) in [6.45, 7) is 2.59. The molecule has 0 saturated carbocycles. The van der Waals surface area contributed by atoms with E-state index in [1.165, 1.54) is 0 Å². The van der Waals surface area contributed by atoms with Gasteiger partial charge in [0.05, 0.1) is 39.1 Å². The minimum absolute atomic E-state index is 0.290. The molecule has 3 aromatic rings. The van der Waals surface area contributed by atoms with Crippen molar-refractivity contribution in [1.82, 2.24) is 4.98 Å². The van der Waals surface area contributed by atoms with Crippen molar-refractivity contribution in [1.29, 1.82) is 0 Å². The first-order valence-electron chi connectivity index (χ1n) is 8.92. The highest BCUT2D eigenvalue weighted by atomic mass is 16.5. The van der Waals surface area contributed by atoms with E-state index in [1.54, 1.807) is 34.3 Å². The van der Waals surface area contributed by atoms with Crippen LogP contribution in [0.3, 0.4) is 0 Å². The SMILES string of the molecule is CCOC(=O)c1[nH]c2cc(OC)c(OC)cc2c1NCc1ccc(OC)cc1. The van der Waals surface area contributed by atoms with Crippen LogP contribution in [0.15, 0.2) is 36.4 Å². The van der Waals surface area contributed by atoms with Crippen molar-refractivity contribution in [3.05, 3.63) is 47.7 Å². The lowest BCUT2D eigenvalue weighted by Gasteiger charge is -2.10. The number of aromatic nitrogens is 1. The van der Waals surface area contributed by atoms with Gasteiger partial charge in [-0.15, -0.1) is 0 Å². The number of benzene rings is 2. The van der Waals surface area contributed by atoms with Crippen molar-refractivity contribution < 1.29 is 23.7 Å². The van der Waals surface area contributed by atoms with Gasteiger partial charge in [0.15, 0.2) is 11.5 Å². The molecule has 1 aromatic heterocycles. The van der Waals surface area contributed by atoms with E-state index >= 15 is 0 Å². The molecule has 7 heteroatoms. The van der Waals surface area contributed by atoms with Gasteiger partial charge in [-0.2, -0.15) is 0 Å². The topological polar surface area (TPSA) is 81.8 Å². The van der Waals surface area contributed by atoms with Crippen LogP contribution in [-0.4, -0.2) is 38.9 Å². The normalized spacial score (nSPS) is 10.6. The predicted octanol–water partition coefficient (Wildman–Crippen LogP) is 3.98. The molecule has 7 nitrogen and oxygen atoms in total. The summed E-state index contributed by atoms with van der Waals surface area (Å²) in [5, 5.41) is 4.16. The lowest BCUT2D eigenvalue weighted by Crippen LogP contribution is -2.09. The molecule has 0 aliphatic rings. The van der Waals surface area contributed by atoms with Gasteiger partial charge in [0.25, 0.3) is 0 Å². The van der Waals surface area contributed by atoms with E-state index in [0.717, 1.165) is 22.2 Å². The summed E-state index contributed by atoms with van der Waals surface area (Å²) in [6, 6.07) is 11.4. The van der Waals surface area contributed by atoms with Gasteiger partial charge in [-0.3, -0.25) is 0 Å². The van der Waals surface area contributed by atoms with E-state index in [9.17, 15) is 4.79 Å². The van der Waals surface area contributed by atoms with E-state index in [1.807, 2.05) is 30.3 Å². The summed E-state index contributed by atoms with van der Waals surface area (Å²) in [7, 11) is 4.78. The minimum atomic E-state index is -0.422. The first-order valence-corrected chi connectivity index (χ1v) is 8.92. The number of ether oxygens (including phenoxy) is 4. The average molecular weight is 384 g/mol. The Labute approximate surface area is 163 Å². The van der Waals surface area contributed by atoms with Crippen molar-refractivity contribution in [2.45, 2.75) is 13.5 Å². The third-order valence-electron chi connectivity index (χ3n) is 4.41. The number of rotatable bonds is 8. The summed E-state index contributed by atoms with van der Waals surface area (Å²) < 4.78 is 21.2. The smallest absolute Gasteiger partial charge is 0.356 e. The van der Waals surface area contributed by atoms with E-state index in [0.29, 0.717) is 36.0 Å². The van der Waals surface area contributed by atoms with Gasteiger partial charge in [0.2, 0.25) is 0 Å². The molecule has 28 heavy (non-hydrogen) atoms. The lowest BCUT2D eigenvalue weighted by molar-refractivity contribution is 0.0521. The molecule has 0 spiro atoms. The second-order valence-corrected chi connectivity index (χ2v) is 6.05. The zero-order valence-corrected chi connectivity index (χ0v) is 16.4. The maximum atomic E-state index is 12.5. The molecule has 0 bridgehead atoms. The van der Waals surface area contributed by atoms with Gasteiger partial charge in [0, 0.05) is 18.0 Å². The van der Waals surface area contributed by atoms with E-state index in [-0.39, 0.29) is 0 Å². The number of nitrogens with one attached hydrogen (secondary N) is 2. The number of hydrogen-bond donors (Lipinski definition) is 2. The summed E-state index contributed by atoms with van der Waals surface area (Å²) in [4.78, 5) is 15.6. The van der Waals surface area contributed by atoms with E-state index in [2.05, 4.69) is 10.3 Å². The van der Waals surface area contributed by atoms with Crippen LogP contribution in [0.2, 0.25) is 0 Å². The number of fused-ring (bicyclic) bond motifs is 1. The van der Waals surface area contributed by atoms with Crippen molar-refractivity contribution >= 4 is 22.6 Å². The Balaban J connectivity index is 2.00. The molecule has 1 heterocycles. The van der Waals surface area contributed by atoms with Crippen molar-refractivity contribution in [2.75, 3.05) is 33.3 Å². The number of carbonyl (C=O) groups excluding carboxylic acids is 1. The highest BCUT2D eigenvalue weighted by Crippen LogP contribution is 2.37. The fourth-order valence-corrected chi connectivity index (χ4v) is 2.99. The van der Waals surface area contributed by atoms with Gasteiger partial charge in [-0.25, -0.2) is 4.79 Å². The zero-order valence-electron chi connectivity index (χ0n) is 16.4. The maximum Gasteiger partial charge on any atom is 0.356 e. The summed E-state index contributed by atoms with van der Waals surface area (Å²) in [5.74, 6) is 1.53. The monoisotopic (exact) mass is 384 g/mol. The number of hydrogen-bond acceptors (Lipinski definition) is 6. The maximum absolute atomic E-state index is 12.5. The van der Waals surface area contributed by atoms with E-state index < -0.39 is 5.97 Å². The number of carbonyl (C=O) groups is 1. The van der Waals surface area contributed by atoms with Crippen LogP contribution in [-0.2, 0) is 11.3 Å². The number of H-pyrrole nitrogens is 1. The highest BCUT2D eigenvalue weighted by Gasteiger charge is 2.21. The Morgan fingerprint density at radius 2 is 1.68 bits per heavy atom. The predicted molar refractivity (Wildman–Crippen MR) is 108 cm³/mol. The molecule has 0 radical (unpaired) electrons. The summed E-state index contributed by atoms with van der Waals surface area (Å²) in [5.41, 5.74) is 2.81. The molecule has 0 aliphatic carbocycles. The second kappa shape index (κ2) is 8.56. The Morgan fingerprint density at radius 3 is 2.29 bits per heavy atom. The van der Waals surface area contributed by atoms with Crippen LogP contribution >= 0.6 is 0 Å². The third-order valence-corrected chi connectivity index (χ3v) is 4.41. The molecule has 0 saturated heterocycles. The van der Waals surface area contributed by atoms with Gasteiger partial charge in [0.1, 0.15) is 11.4 Å². The molecular formula is C21H24N2O5. The Morgan fingerprint density at radius 1 is 1.00 bits per heavy atom. The molecule has 0 amide bonds. The molecule has 0 atom stereocenters. The number of aromatic amines is 1. The lowest BCUT2D eigenvalue weighted by atomic mass is 10.1. The van der Waals surface area contributed by atoms with Gasteiger partial charge >= 0.3 is 5.97 Å². The first kappa shape index (κ1) is 19.4. The third kappa shape index (κ3) is 3.83. The molecule has 0 fully saturated rings. The fourth-order valence-electron chi connectivity index (χ4n) is 2.99. The molecule has 148 valence electrons. The van der Waals surface area contributed by atoms with Gasteiger partial charge in [-0.1, -0.05) is 12.1 Å². The molecule has 2 aromatic carbocycles.